The first-order chi connectivity index (χ1) is 5.20. The molecular weight excluding hydrogens is 138 g/mol. The van der Waals surface area contributed by atoms with Crippen LogP contribution in [0.3, 0.4) is 0 Å². The van der Waals surface area contributed by atoms with Gasteiger partial charge in [0.2, 0.25) is 0 Å². The van der Waals surface area contributed by atoms with E-state index in [1.165, 1.54) is 5.56 Å². The Morgan fingerprint density at radius 2 is 2.45 bits per heavy atom. The van der Waals surface area contributed by atoms with E-state index in [4.69, 9.17) is 0 Å². The van der Waals surface area contributed by atoms with Gasteiger partial charge in [0.15, 0.2) is 0 Å². The molecule has 0 fully saturated rings. The van der Waals surface area contributed by atoms with E-state index in [1.54, 1.807) is 6.92 Å². The van der Waals surface area contributed by atoms with Gasteiger partial charge in [-0.25, -0.2) is 0 Å². The number of carbonyl (C=O) groups excluding carboxylic acids is 1. The molecule has 0 aliphatic rings. The van der Waals surface area contributed by atoms with Gasteiger partial charge >= 0.3 is 0 Å². The molecular formula is C9H13NO. The van der Waals surface area contributed by atoms with Crippen molar-refractivity contribution in [2.45, 2.75) is 20.3 Å². The highest BCUT2D eigenvalue weighted by molar-refractivity contribution is 5.78. The zero-order valence-corrected chi connectivity index (χ0v) is 6.92. The molecule has 0 amide bonds. The lowest BCUT2D eigenvalue weighted by molar-refractivity contribution is -0.120. The van der Waals surface area contributed by atoms with Crippen molar-refractivity contribution in [3.63, 3.8) is 0 Å². The minimum Gasteiger partial charge on any atom is -0.367 e. The van der Waals surface area contributed by atoms with Gasteiger partial charge < -0.3 is 4.98 Å². The monoisotopic (exact) mass is 151 g/mol. The van der Waals surface area contributed by atoms with E-state index in [2.05, 4.69) is 4.98 Å². The summed E-state index contributed by atoms with van der Waals surface area (Å²) in [4.78, 5) is 13.8. The molecule has 60 valence electrons. The van der Waals surface area contributed by atoms with Crippen LogP contribution in [-0.4, -0.2) is 10.8 Å². The van der Waals surface area contributed by atoms with Gasteiger partial charge in [0, 0.05) is 18.3 Å². The molecule has 1 rings (SSSR count). The van der Waals surface area contributed by atoms with Gasteiger partial charge in [-0.15, -0.1) is 0 Å². The summed E-state index contributed by atoms with van der Waals surface area (Å²) in [5, 5.41) is 0. The Morgan fingerprint density at radius 1 is 1.73 bits per heavy atom. The topological polar surface area (TPSA) is 32.9 Å². The van der Waals surface area contributed by atoms with Crippen molar-refractivity contribution in [1.82, 2.24) is 4.98 Å². The molecule has 1 N–H and O–H groups in total. The molecule has 11 heavy (non-hydrogen) atoms. The number of hydrogen-bond acceptors (Lipinski definition) is 1. The Kier molecular flexibility index (Phi) is 2.47. The van der Waals surface area contributed by atoms with Gasteiger partial charge in [-0.05, 0) is 25.0 Å². The predicted molar refractivity (Wildman–Crippen MR) is 44.3 cm³/mol. The lowest BCUT2D eigenvalue weighted by Crippen LogP contribution is -2.08. The number of hydrogen-bond donors (Lipinski definition) is 1. The first-order valence-corrected chi connectivity index (χ1v) is 3.82. The number of carbonyl (C=O) groups is 1. The fourth-order valence-electron chi connectivity index (χ4n) is 0.983. The molecule has 1 aromatic rings. The van der Waals surface area contributed by atoms with Crippen LogP contribution in [0.5, 0.6) is 0 Å². The second kappa shape index (κ2) is 3.37. The van der Waals surface area contributed by atoms with Crippen LogP contribution < -0.4 is 0 Å². The average Bonchev–Trinajstić information content (AvgIpc) is 2.39. The van der Waals surface area contributed by atoms with Crippen LogP contribution in [0.2, 0.25) is 0 Å². The van der Waals surface area contributed by atoms with Crippen molar-refractivity contribution in [3.05, 3.63) is 24.0 Å². The molecule has 1 aromatic heterocycles. The maximum Gasteiger partial charge on any atom is 0.132 e. The van der Waals surface area contributed by atoms with Crippen LogP contribution in [0.1, 0.15) is 19.4 Å². The van der Waals surface area contributed by atoms with Crippen LogP contribution >= 0.6 is 0 Å². The Labute approximate surface area is 66.6 Å². The number of nitrogens with one attached hydrogen (secondary N) is 1. The molecule has 0 bridgehead atoms. The minimum absolute atomic E-state index is 0.144. The fraction of sp³-hybridized carbons (Fsp3) is 0.444. The first-order valence-electron chi connectivity index (χ1n) is 3.82. The van der Waals surface area contributed by atoms with Crippen LogP contribution in [0.4, 0.5) is 0 Å². The van der Waals surface area contributed by atoms with Crippen LogP contribution in [0.15, 0.2) is 18.5 Å². The summed E-state index contributed by atoms with van der Waals surface area (Å²) in [6, 6.07) is 2.00. The van der Waals surface area contributed by atoms with Crippen molar-refractivity contribution in [2.75, 3.05) is 0 Å². The van der Waals surface area contributed by atoms with Crippen molar-refractivity contribution in [1.29, 1.82) is 0 Å². The molecule has 0 spiro atoms. The number of rotatable bonds is 3. The van der Waals surface area contributed by atoms with Gasteiger partial charge in [-0.3, -0.25) is 4.79 Å². The summed E-state index contributed by atoms with van der Waals surface area (Å²) in [7, 11) is 0. The van der Waals surface area contributed by atoms with Gasteiger partial charge in [0.1, 0.15) is 5.78 Å². The van der Waals surface area contributed by atoms with E-state index in [0.717, 1.165) is 6.42 Å². The standard InChI is InChI=1S/C9H13NO/c1-7(8(2)11)5-9-3-4-10-6-9/h3-4,6-7,10H,5H2,1-2H3. The molecule has 0 aromatic carbocycles. The maximum atomic E-state index is 10.9. The third-order valence-electron chi connectivity index (χ3n) is 1.90. The molecule has 2 nitrogen and oxygen atoms in total. The number of aromatic amines is 1. The molecule has 0 radical (unpaired) electrons. The SMILES string of the molecule is CC(=O)C(C)Cc1cc[nH]c1. The van der Waals surface area contributed by atoms with Crippen molar-refractivity contribution in [2.24, 2.45) is 5.92 Å². The molecule has 1 unspecified atom stereocenters. The summed E-state index contributed by atoms with van der Waals surface area (Å²) in [5.74, 6) is 0.400. The minimum atomic E-state index is 0.144. The third kappa shape index (κ3) is 2.22. The quantitative estimate of drug-likeness (QED) is 0.701. The predicted octanol–water partition coefficient (Wildman–Crippen LogP) is 1.78. The molecule has 0 aliphatic heterocycles. The third-order valence-corrected chi connectivity index (χ3v) is 1.90. The average molecular weight is 151 g/mol. The molecule has 2 heteroatoms. The number of Topliss-reactive ketones (excluding diaryl/α,β-unsaturated/α-hetero) is 1. The zero-order valence-electron chi connectivity index (χ0n) is 6.92. The molecule has 0 saturated carbocycles. The second-order valence-electron chi connectivity index (χ2n) is 2.94. The summed E-state index contributed by atoms with van der Waals surface area (Å²) in [5.41, 5.74) is 1.20. The van der Waals surface area contributed by atoms with Gasteiger partial charge in [-0.1, -0.05) is 6.92 Å². The van der Waals surface area contributed by atoms with Crippen molar-refractivity contribution < 1.29 is 4.79 Å². The van der Waals surface area contributed by atoms with Gasteiger partial charge in [0.25, 0.3) is 0 Å². The number of aromatic nitrogens is 1. The van der Waals surface area contributed by atoms with Crippen molar-refractivity contribution >= 4 is 5.78 Å². The highest BCUT2D eigenvalue weighted by Crippen LogP contribution is 2.07. The van der Waals surface area contributed by atoms with E-state index in [9.17, 15) is 4.79 Å². The summed E-state index contributed by atoms with van der Waals surface area (Å²) in [6.07, 6.45) is 4.65. The van der Waals surface area contributed by atoms with E-state index >= 15 is 0 Å². The van der Waals surface area contributed by atoms with Gasteiger partial charge in [0.05, 0.1) is 0 Å². The van der Waals surface area contributed by atoms with E-state index in [-0.39, 0.29) is 11.7 Å². The fourth-order valence-corrected chi connectivity index (χ4v) is 0.983. The van der Waals surface area contributed by atoms with E-state index < -0.39 is 0 Å². The number of H-pyrrole nitrogens is 1. The Bertz CT molecular complexity index is 226. The van der Waals surface area contributed by atoms with Crippen LogP contribution in [0.25, 0.3) is 0 Å². The van der Waals surface area contributed by atoms with Crippen molar-refractivity contribution in [3.8, 4) is 0 Å². The van der Waals surface area contributed by atoms with Gasteiger partial charge in [-0.2, -0.15) is 0 Å². The molecule has 0 aliphatic carbocycles. The molecule has 1 heterocycles. The van der Waals surface area contributed by atoms with Crippen LogP contribution in [-0.2, 0) is 11.2 Å². The van der Waals surface area contributed by atoms with Crippen LogP contribution in [0, 0.1) is 5.92 Å². The summed E-state index contributed by atoms with van der Waals surface area (Å²) >= 11 is 0. The van der Waals surface area contributed by atoms with E-state index in [0.29, 0.717) is 0 Å². The number of ketones is 1. The summed E-state index contributed by atoms with van der Waals surface area (Å²) < 4.78 is 0. The highest BCUT2D eigenvalue weighted by atomic mass is 16.1. The lowest BCUT2D eigenvalue weighted by Gasteiger charge is -2.03. The maximum absolute atomic E-state index is 10.9. The Morgan fingerprint density at radius 3 is 2.91 bits per heavy atom. The zero-order chi connectivity index (χ0) is 8.27. The Balaban J connectivity index is 2.50. The highest BCUT2D eigenvalue weighted by Gasteiger charge is 2.07. The Hall–Kier alpha value is -1.05. The summed E-state index contributed by atoms with van der Waals surface area (Å²) in [6.45, 7) is 3.59. The second-order valence-corrected chi connectivity index (χ2v) is 2.94. The molecule has 0 saturated heterocycles. The first kappa shape index (κ1) is 8.05. The molecule has 1 atom stereocenters. The largest absolute Gasteiger partial charge is 0.367 e. The lowest BCUT2D eigenvalue weighted by atomic mass is 10.0. The normalized spacial score (nSPS) is 12.9. The van der Waals surface area contributed by atoms with E-state index in [1.807, 2.05) is 25.4 Å². The smallest absolute Gasteiger partial charge is 0.132 e.